The van der Waals surface area contributed by atoms with Gasteiger partial charge in [0.1, 0.15) is 5.01 Å². The van der Waals surface area contributed by atoms with Gasteiger partial charge in [-0.1, -0.05) is 0 Å². The number of esters is 1. The number of nitrogens with zero attached hydrogens (tertiary/aromatic N) is 2. The molecule has 1 aromatic heterocycles. The molecule has 0 radical (unpaired) electrons. The molecule has 3 rings (SSSR count). The molecule has 21 heavy (non-hydrogen) atoms. The first-order valence-electron chi connectivity index (χ1n) is 7.62. The van der Waals surface area contributed by atoms with Gasteiger partial charge in [-0.25, -0.2) is 4.98 Å². The van der Waals surface area contributed by atoms with Gasteiger partial charge in [0.25, 0.3) is 0 Å². The minimum atomic E-state index is -0.175. The standard InChI is InChI=1S/C15H22N2O3S/c1-19-15(18)10-17(11-5-7-20-8-6-11)9-14-16-12-3-2-4-13(12)21-14/h11H,2-10H2,1H3. The Morgan fingerprint density at radius 1 is 1.43 bits per heavy atom. The molecule has 0 amide bonds. The van der Waals surface area contributed by atoms with Gasteiger partial charge in [0.15, 0.2) is 0 Å². The van der Waals surface area contributed by atoms with Crippen molar-refractivity contribution in [3.8, 4) is 0 Å². The zero-order valence-corrected chi connectivity index (χ0v) is 13.3. The summed E-state index contributed by atoms with van der Waals surface area (Å²) >= 11 is 1.81. The molecular weight excluding hydrogens is 288 g/mol. The van der Waals surface area contributed by atoms with Crippen molar-refractivity contribution in [2.45, 2.75) is 44.7 Å². The van der Waals surface area contributed by atoms with E-state index in [4.69, 9.17) is 14.5 Å². The summed E-state index contributed by atoms with van der Waals surface area (Å²) in [5.74, 6) is -0.175. The van der Waals surface area contributed by atoms with E-state index in [1.807, 2.05) is 11.3 Å². The van der Waals surface area contributed by atoms with Crippen LogP contribution in [0.5, 0.6) is 0 Å². The van der Waals surface area contributed by atoms with E-state index in [1.54, 1.807) is 0 Å². The monoisotopic (exact) mass is 310 g/mol. The van der Waals surface area contributed by atoms with Crippen LogP contribution in [0, 0.1) is 0 Å². The molecule has 0 bridgehead atoms. The van der Waals surface area contributed by atoms with Crippen LogP contribution >= 0.6 is 11.3 Å². The first kappa shape index (κ1) is 14.9. The van der Waals surface area contributed by atoms with Gasteiger partial charge in [-0.2, -0.15) is 0 Å². The molecule has 1 saturated heterocycles. The predicted octanol–water partition coefficient (Wildman–Crippen LogP) is 1.79. The Labute approximate surface area is 129 Å². The smallest absolute Gasteiger partial charge is 0.319 e. The fraction of sp³-hybridized carbons (Fsp3) is 0.733. The molecule has 2 heterocycles. The highest BCUT2D eigenvalue weighted by Crippen LogP contribution is 2.29. The second kappa shape index (κ2) is 6.85. The summed E-state index contributed by atoms with van der Waals surface area (Å²) in [5, 5.41) is 1.13. The van der Waals surface area contributed by atoms with Gasteiger partial charge in [-0.05, 0) is 32.1 Å². The number of hydrogen-bond donors (Lipinski definition) is 0. The Balaban J connectivity index is 1.69. The predicted molar refractivity (Wildman–Crippen MR) is 80.4 cm³/mol. The lowest BCUT2D eigenvalue weighted by Gasteiger charge is -2.32. The summed E-state index contributed by atoms with van der Waals surface area (Å²) in [7, 11) is 1.45. The number of carbonyl (C=O) groups is 1. The molecule has 116 valence electrons. The van der Waals surface area contributed by atoms with E-state index in [1.165, 1.54) is 30.5 Å². The number of carbonyl (C=O) groups excluding carboxylic acids is 1. The van der Waals surface area contributed by atoms with Crippen LogP contribution in [0.2, 0.25) is 0 Å². The van der Waals surface area contributed by atoms with Crippen LogP contribution in [0.4, 0.5) is 0 Å². The Morgan fingerprint density at radius 3 is 2.95 bits per heavy atom. The van der Waals surface area contributed by atoms with Crippen LogP contribution in [0.25, 0.3) is 0 Å². The van der Waals surface area contributed by atoms with Crippen molar-refractivity contribution in [2.24, 2.45) is 0 Å². The minimum Gasteiger partial charge on any atom is -0.468 e. The van der Waals surface area contributed by atoms with Crippen molar-refractivity contribution >= 4 is 17.3 Å². The molecule has 1 aromatic rings. The summed E-state index contributed by atoms with van der Waals surface area (Å²) in [6.07, 6.45) is 5.46. The van der Waals surface area contributed by atoms with E-state index in [2.05, 4.69) is 4.90 Å². The fourth-order valence-corrected chi connectivity index (χ4v) is 4.26. The lowest BCUT2D eigenvalue weighted by atomic mass is 10.1. The molecular formula is C15H22N2O3S. The van der Waals surface area contributed by atoms with Gasteiger partial charge in [-0.3, -0.25) is 9.69 Å². The number of aryl methyl sites for hydroxylation is 2. The zero-order chi connectivity index (χ0) is 14.7. The van der Waals surface area contributed by atoms with Gasteiger partial charge in [0.05, 0.1) is 25.9 Å². The highest BCUT2D eigenvalue weighted by molar-refractivity contribution is 7.11. The van der Waals surface area contributed by atoms with E-state index in [0.717, 1.165) is 44.0 Å². The molecule has 6 heteroatoms. The number of aromatic nitrogens is 1. The van der Waals surface area contributed by atoms with Crippen LogP contribution in [0.15, 0.2) is 0 Å². The molecule has 0 atom stereocenters. The summed E-state index contributed by atoms with van der Waals surface area (Å²) < 4.78 is 10.3. The van der Waals surface area contributed by atoms with Crippen LogP contribution < -0.4 is 0 Å². The van der Waals surface area contributed by atoms with Crippen molar-refractivity contribution in [1.82, 2.24) is 9.88 Å². The maximum absolute atomic E-state index is 11.7. The molecule has 0 unspecified atom stereocenters. The second-order valence-corrected chi connectivity index (χ2v) is 6.82. The number of hydrogen-bond acceptors (Lipinski definition) is 6. The van der Waals surface area contributed by atoms with E-state index in [9.17, 15) is 4.79 Å². The molecule has 2 aliphatic rings. The summed E-state index contributed by atoms with van der Waals surface area (Å²) in [6.45, 7) is 2.64. The molecule has 0 spiro atoms. The van der Waals surface area contributed by atoms with Crippen molar-refractivity contribution in [2.75, 3.05) is 26.9 Å². The Bertz CT molecular complexity index is 476. The molecule has 1 fully saturated rings. The molecule has 0 aromatic carbocycles. The first-order chi connectivity index (χ1) is 10.3. The molecule has 0 saturated carbocycles. The third-order valence-electron chi connectivity index (χ3n) is 4.25. The van der Waals surface area contributed by atoms with Gasteiger partial charge < -0.3 is 9.47 Å². The Hall–Kier alpha value is -0.980. The lowest BCUT2D eigenvalue weighted by molar-refractivity contribution is -0.143. The normalized spacial score (nSPS) is 19.0. The van der Waals surface area contributed by atoms with Crippen LogP contribution in [-0.2, 0) is 33.7 Å². The zero-order valence-electron chi connectivity index (χ0n) is 12.5. The van der Waals surface area contributed by atoms with E-state index in [0.29, 0.717) is 12.6 Å². The van der Waals surface area contributed by atoms with Crippen LogP contribution in [-0.4, -0.2) is 48.8 Å². The third kappa shape index (κ3) is 3.62. The van der Waals surface area contributed by atoms with E-state index < -0.39 is 0 Å². The topological polar surface area (TPSA) is 51.7 Å². The quantitative estimate of drug-likeness (QED) is 0.776. The van der Waals surface area contributed by atoms with E-state index in [-0.39, 0.29) is 5.97 Å². The molecule has 0 N–H and O–H groups in total. The SMILES string of the molecule is COC(=O)CN(Cc1nc2c(s1)CCC2)C1CCOCC1. The highest BCUT2D eigenvalue weighted by Gasteiger charge is 2.26. The van der Waals surface area contributed by atoms with E-state index >= 15 is 0 Å². The van der Waals surface area contributed by atoms with Gasteiger partial charge >= 0.3 is 5.97 Å². The number of fused-ring (bicyclic) bond motifs is 1. The third-order valence-corrected chi connectivity index (χ3v) is 5.39. The summed E-state index contributed by atoms with van der Waals surface area (Å²) in [6, 6.07) is 0.386. The van der Waals surface area contributed by atoms with Crippen LogP contribution in [0.3, 0.4) is 0 Å². The van der Waals surface area contributed by atoms with Crippen molar-refractivity contribution in [3.63, 3.8) is 0 Å². The lowest BCUT2D eigenvalue weighted by Crippen LogP contribution is -2.42. The van der Waals surface area contributed by atoms with Crippen molar-refractivity contribution in [1.29, 1.82) is 0 Å². The van der Waals surface area contributed by atoms with Crippen molar-refractivity contribution < 1.29 is 14.3 Å². The number of methoxy groups -OCH3 is 1. The van der Waals surface area contributed by atoms with Crippen molar-refractivity contribution in [3.05, 3.63) is 15.6 Å². The Morgan fingerprint density at radius 2 is 2.24 bits per heavy atom. The maximum atomic E-state index is 11.7. The van der Waals surface area contributed by atoms with Crippen LogP contribution in [0.1, 0.15) is 34.8 Å². The molecule has 5 nitrogen and oxygen atoms in total. The first-order valence-corrected chi connectivity index (χ1v) is 8.44. The average Bonchev–Trinajstić information content (AvgIpc) is 3.08. The number of ether oxygens (including phenoxy) is 2. The van der Waals surface area contributed by atoms with Gasteiger partial charge in [0.2, 0.25) is 0 Å². The number of rotatable bonds is 5. The largest absolute Gasteiger partial charge is 0.468 e. The fourth-order valence-electron chi connectivity index (χ4n) is 3.08. The Kier molecular flexibility index (Phi) is 4.87. The summed E-state index contributed by atoms with van der Waals surface area (Å²) in [4.78, 5) is 20.1. The molecule has 1 aliphatic carbocycles. The van der Waals surface area contributed by atoms with Gasteiger partial charge in [-0.15, -0.1) is 11.3 Å². The molecule has 1 aliphatic heterocycles. The average molecular weight is 310 g/mol. The highest BCUT2D eigenvalue weighted by atomic mass is 32.1. The van der Waals surface area contributed by atoms with Gasteiger partial charge in [0, 0.05) is 24.1 Å². The summed E-state index contributed by atoms with van der Waals surface area (Å²) in [5.41, 5.74) is 1.28. The number of thiazole rings is 1. The minimum absolute atomic E-state index is 0.175. The second-order valence-electron chi connectivity index (χ2n) is 5.66. The maximum Gasteiger partial charge on any atom is 0.319 e.